The summed E-state index contributed by atoms with van der Waals surface area (Å²) in [6.45, 7) is 3.16. The predicted octanol–water partition coefficient (Wildman–Crippen LogP) is 2.30. The Morgan fingerprint density at radius 3 is 3.25 bits per heavy atom. The molecule has 12 heavy (non-hydrogen) atoms. The van der Waals surface area contributed by atoms with Gasteiger partial charge in [0.05, 0.1) is 5.69 Å². The van der Waals surface area contributed by atoms with Crippen LogP contribution in [0.2, 0.25) is 0 Å². The van der Waals surface area contributed by atoms with E-state index in [-0.39, 0.29) is 0 Å². The van der Waals surface area contributed by atoms with Gasteiger partial charge in [0, 0.05) is 22.8 Å². The summed E-state index contributed by atoms with van der Waals surface area (Å²) in [7, 11) is 0. The van der Waals surface area contributed by atoms with Gasteiger partial charge in [-0.05, 0) is 12.1 Å². The smallest absolute Gasteiger partial charge is 0.117 e. The van der Waals surface area contributed by atoms with Gasteiger partial charge < -0.3 is 10.4 Å². The molecule has 1 aliphatic heterocycles. The lowest BCUT2D eigenvalue weighted by Gasteiger charge is -2.22. The van der Waals surface area contributed by atoms with Crippen molar-refractivity contribution in [2.75, 3.05) is 11.9 Å². The quantitative estimate of drug-likeness (QED) is 0.644. The number of rotatable bonds is 0. The van der Waals surface area contributed by atoms with Gasteiger partial charge >= 0.3 is 0 Å². The van der Waals surface area contributed by atoms with Crippen LogP contribution in [0.15, 0.2) is 23.1 Å². The lowest BCUT2D eigenvalue weighted by Crippen LogP contribution is -2.17. The molecule has 2 N–H and O–H groups in total. The standard InChI is InChI=1S/C9H11NOS/c1-6-5-10-8-4-7(11)2-3-9(8)12-6/h2-4,6,10-11H,5H2,1H3. The first-order chi connectivity index (χ1) is 5.75. The van der Waals surface area contributed by atoms with E-state index >= 15 is 0 Å². The fraction of sp³-hybridized carbons (Fsp3) is 0.333. The molecule has 1 heterocycles. The number of aromatic hydroxyl groups is 1. The van der Waals surface area contributed by atoms with Crippen molar-refractivity contribution in [2.45, 2.75) is 17.1 Å². The maximum absolute atomic E-state index is 9.20. The maximum atomic E-state index is 9.20. The summed E-state index contributed by atoms with van der Waals surface area (Å²) in [4.78, 5) is 1.23. The Kier molecular flexibility index (Phi) is 1.89. The lowest BCUT2D eigenvalue weighted by atomic mass is 10.3. The first kappa shape index (κ1) is 7.80. The van der Waals surface area contributed by atoms with E-state index in [4.69, 9.17) is 0 Å². The lowest BCUT2D eigenvalue weighted by molar-refractivity contribution is 0.475. The van der Waals surface area contributed by atoms with Crippen LogP contribution in [0.3, 0.4) is 0 Å². The summed E-state index contributed by atoms with van der Waals surface area (Å²) < 4.78 is 0. The van der Waals surface area contributed by atoms with Gasteiger partial charge in [0.2, 0.25) is 0 Å². The molecule has 1 aliphatic rings. The molecule has 0 saturated carbocycles. The fourth-order valence-corrected chi connectivity index (χ4v) is 2.28. The van der Waals surface area contributed by atoms with Gasteiger partial charge in [0.25, 0.3) is 0 Å². The van der Waals surface area contributed by atoms with E-state index in [1.165, 1.54) is 4.90 Å². The SMILES string of the molecule is CC1CNc2cc(O)ccc2S1. The third-order valence-electron chi connectivity index (χ3n) is 1.87. The van der Waals surface area contributed by atoms with E-state index < -0.39 is 0 Å². The van der Waals surface area contributed by atoms with E-state index in [0.717, 1.165) is 12.2 Å². The Balaban J connectivity index is 2.37. The monoisotopic (exact) mass is 181 g/mol. The second-order valence-corrected chi connectivity index (χ2v) is 4.47. The summed E-state index contributed by atoms with van der Waals surface area (Å²) >= 11 is 1.85. The maximum Gasteiger partial charge on any atom is 0.117 e. The molecule has 1 unspecified atom stereocenters. The highest BCUT2D eigenvalue weighted by Crippen LogP contribution is 2.36. The number of fused-ring (bicyclic) bond motifs is 1. The van der Waals surface area contributed by atoms with E-state index in [1.807, 2.05) is 17.8 Å². The number of anilines is 1. The van der Waals surface area contributed by atoms with Crippen molar-refractivity contribution in [3.63, 3.8) is 0 Å². The van der Waals surface area contributed by atoms with E-state index in [2.05, 4.69) is 12.2 Å². The normalized spacial score (nSPS) is 21.2. The number of phenolic OH excluding ortho intramolecular Hbond substituents is 1. The number of benzene rings is 1. The molecule has 1 atom stereocenters. The van der Waals surface area contributed by atoms with Gasteiger partial charge in [-0.1, -0.05) is 6.92 Å². The average Bonchev–Trinajstić information content (AvgIpc) is 2.05. The molecule has 0 aliphatic carbocycles. The van der Waals surface area contributed by atoms with Crippen LogP contribution in [0.5, 0.6) is 5.75 Å². The first-order valence-corrected chi connectivity index (χ1v) is 4.87. The zero-order valence-corrected chi connectivity index (χ0v) is 7.69. The Bertz CT molecular complexity index is 301. The molecule has 3 heteroatoms. The van der Waals surface area contributed by atoms with Crippen LogP contribution in [0.25, 0.3) is 0 Å². The van der Waals surface area contributed by atoms with Crippen molar-refractivity contribution in [3.8, 4) is 5.75 Å². The highest BCUT2D eigenvalue weighted by atomic mass is 32.2. The number of nitrogens with one attached hydrogen (secondary N) is 1. The minimum atomic E-state index is 0.330. The molecule has 1 aromatic rings. The van der Waals surface area contributed by atoms with Crippen LogP contribution in [0, 0.1) is 0 Å². The minimum absolute atomic E-state index is 0.330. The van der Waals surface area contributed by atoms with Crippen LogP contribution in [-0.4, -0.2) is 16.9 Å². The molecular weight excluding hydrogens is 170 g/mol. The molecule has 64 valence electrons. The number of hydrogen-bond acceptors (Lipinski definition) is 3. The largest absolute Gasteiger partial charge is 0.508 e. The number of phenols is 1. The molecule has 0 radical (unpaired) electrons. The summed E-state index contributed by atoms with van der Waals surface area (Å²) in [5.41, 5.74) is 1.05. The van der Waals surface area contributed by atoms with E-state index in [9.17, 15) is 5.11 Å². The van der Waals surface area contributed by atoms with Crippen molar-refractivity contribution in [1.82, 2.24) is 0 Å². The molecule has 0 bridgehead atoms. The molecule has 1 aromatic carbocycles. The number of thioether (sulfide) groups is 1. The summed E-state index contributed by atoms with van der Waals surface area (Å²) in [5, 5.41) is 13.1. The van der Waals surface area contributed by atoms with Crippen LogP contribution >= 0.6 is 11.8 Å². The highest BCUT2D eigenvalue weighted by Gasteiger charge is 2.14. The Labute approximate surface area is 76.0 Å². The van der Waals surface area contributed by atoms with Crippen molar-refractivity contribution in [1.29, 1.82) is 0 Å². The van der Waals surface area contributed by atoms with E-state index in [0.29, 0.717) is 11.0 Å². The van der Waals surface area contributed by atoms with Crippen molar-refractivity contribution in [2.24, 2.45) is 0 Å². The van der Waals surface area contributed by atoms with Gasteiger partial charge in [-0.2, -0.15) is 0 Å². The van der Waals surface area contributed by atoms with Crippen LogP contribution in [-0.2, 0) is 0 Å². The second kappa shape index (κ2) is 2.90. The molecule has 0 aromatic heterocycles. The van der Waals surface area contributed by atoms with Crippen molar-refractivity contribution < 1.29 is 5.11 Å². The van der Waals surface area contributed by atoms with Crippen molar-refractivity contribution >= 4 is 17.4 Å². The minimum Gasteiger partial charge on any atom is -0.508 e. The predicted molar refractivity (Wildman–Crippen MR) is 51.9 cm³/mol. The molecule has 0 fully saturated rings. The fourth-order valence-electron chi connectivity index (χ4n) is 1.27. The average molecular weight is 181 g/mol. The molecule has 2 nitrogen and oxygen atoms in total. The van der Waals surface area contributed by atoms with Crippen LogP contribution < -0.4 is 5.32 Å². The van der Waals surface area contributed by atoms with Gasteiger partial charge in [-0.15, -0.1) is 11.8 Å². The topological polar surface area (TPSA) is 32.3 Å². The summed E-state index contributed by atoms with van der Waals surface area (Å²) in [6, 6.07) is 5.46. The second-order valence-electron chi connectivity index (χ2n) is 2.99. The third-order valence-corrected chi connectivity index (χ3v) is 3.05. The zero-order valence-electron chi connectivity index (χ0n) is 6.87. The highest BCUT2D eigenvalue weighted by molar-refractivity contribution is 8.00. The van der Waals surface area contributed by atoms with Gasteiger partial charge in [-0.25, -0.2) is 0 Å². The molecule has 2 rings (SSSR count). The van der Waals surface area contributed by atoms with Gasteiger partial charge in [0.1, 0.15) is 5.75 Å². The van der Waals surface area contributed by atoms with Gasteiger partial charge in [0.15, 0.2) is 0 Å². The summed E-state index contributed by atoms with van der Waals surface area (Å²) in [6.07, 6.45) is 0. The van der Waals surface area contributed by atoms with Gasteiger partial charge in [-0.3, -0.25) is 0 Å². The molecule has 0 saturated heterocycles. The molecular formula is C9H11NOS. The first-order valence-electron chi connectivity index (χ1n) is 3.99. The zero-order chi connectivity index (χ0) is 8.55. The molecule has 0 amide bonds. The van der Waals surface area contributed by atoms with Crippen LogP contribution in [0.1, 0.15) is 6.92 Å². The molecule has 0 spiro atoms. The van der Waals surface area contributed by atoms with E-state index in [1.54, 1.807) is 12.1 Å². The summed E-state index contributed by atoms with van der Waals surface area (Å²) in [5.74, 6) is 0.330. The Hall–Kier alpha value is -0.830. The number of hydrogen-bond donors (Lipinski definition) is 2. The van der Waals surface area contributed by atoms with Crippen molar-refractivity contribution in [3.05, 3.63) is 18.2 Å². The van der Waals surface area contributed by atoms with Crippen LogP contribution in [0.4, 0.5) is 5.69 Å². The Morgan fingerprint density at radius 1 is 1.58 bits per heavy atom. The third kappa shape index (κ3) is 1.37. The Morgan fingerprint density at radius 2 is 2.42 bits per heavy atom.